The molecule has 0 aliphatic heterocycles. The second-order valence-electron chi connectivity index (χ2n) is 7.38. The van der Waals surface area contributed by atoms with Crippen LogP contribution >= 0.6 is 0 Å². The first-order valence-corrected chi connectivity index (χ1v) is 9.00. The van der Waals surface area contributed by atoms with Crippen molar-refractivity contribution in [3.05, 3.63) is 39.9 Å². The predicted octanol–water partition coefficient (Wildman–Crippen LogP) is 4.20. The fourth-order valence-electron chi connectivity index (χ4n) is 2.97. The molecule has 0 fully saturated rings. The smallest absolute Gasteiger partial charge is 0.326 e. The van der Waals surface area contributed by atoms with Gasteiger partial charge in [-0.2, -0.15) is 0 Å². The monoisotopic (exact) mass is 354 g/mol. The Morgan fingerprint density at radius 3 is 2.23 bits per heavy atom. The van der Waals surface area contributed by atoms with E-state index in [1.54, 1.807) is 7.11 Å². The van der Waals surface area contributed by atoms with Gasteiger partial charge in [0.15, 0.2) is 11.3 Å². The Morgan fingerprint density at radius 2 is 1.65 bits per heavy atom. The zero-order valence-corrected chi connectivity index (χ0v) is 16.2. The van der Waals surface area contributed by atoms with Crippen LogP contribution in [0.3, 0.4) is 0 Å². The molecule has 0 saturated carbocycles. The highest BCUT2D eigenvalue weighted by Gasteiger charge is 2.23. The molecule has 1 atom stereocenters. The van der Waals surface area contributed by atoms with E-state index in [-0.39, 0.29) is 11.6 Å². The number of rotatable bonds is 5. The van der Waals surface area contributed by atoms with E-state index < -0.39 is 0 Å². The van der Waals surface area contributed by atoms with E-state index >= 15 is 0 Å². The van der Waals surface area contributed by atoms with E-state index in [0.717, 1.165) is 22.7 Å². The summed E-state index contributed by atoms with van der Waals surface area (Å²) in [5.74, 6) is 1.69. The van der Waals surface area contributed by atoms with Crippen molar-refractivity contribution in [1.82, 2.24) is 19.9 Å². The van der Waals surface area contributed by atoms with Crippen LogP contribution in [-0.2, 0) is 0 Å². The van der Waals surface area contributed by atoms with Crippen molar-refractivity contribution >= 4 is 11.3 Å². The molecule has 2 N–H and O–H groups in total. The summed E-state index contributed by atoms with van der Waals surface area (Å²) in [5.41, 5.74) is 4.37. The molecule has 3 rings (SSSR count). The fourth-order valence-corrected chi connectivity index (χ4v) is 2.97. The number of hydrogen-bond acceptors (Lipinski definition) is 4. The molecule has 0 amide bonds. The lowest BCUT2D eigenvalue weighted by atomic mass is 9.90. The number of nitrogens with zero attached hydrogens (tertiary/aromatic N) is 2. The Hall–Kier alpha value is -2.63. The second kappa shape index (κ2) is 6.94. The van der Waals surface area contributed by atoms with Crippen molar-refractivity contribution in [1.29, 1.82) is 0 Å². The summed E-state index contributed by atoms with van der Waals surface area (Å²) >= 11 is 0. The number of H-pyrrole nitrogens is 2. The topological polar surface area (TPSA) is 83.7 Å². The number of hydrogen-bond donors (Lipinski definition) is 2. The van der Waals surface area contributed by atoms with Crippen molar-refractivity contribution in [2.45, 2.75) is 46.5 Å². The van der Waals surface area contributed by atoms with Crippen molar-refractivity contribution in [3.8, 4) is 17.0 Å². The Kier molecular flexibility index (Phi) is 4.85. The van der Waals surface area contributed by atoms with Gasteiger partial charge in [0.05, 0.1) is 18.5 Å². The lowest BCUT2D eigenvalue weighted by Crippen LogP contribution is -2.09. The van der Waals surface area contributed by atoms with Gasteiger partial charge in [-0.15, -0.1) is 0 Å². The summed E-state index contributed by atoms with van der Waals surface area (Å²) in [6, 6.07) is 6.16. The third-order valence-corrected chi connectivity index (χ3v) is 4.96. The van der Waals surface area contributed by atoms with Crippen LogP contribution in [0.2, 0.25) is 0 Å². The predicted molar refractivity (Wildman–Crippen MR) is 104 cm³/mol. The SMILES string of the molecule is COc1ccc(C(C)C)cc1-c1nc2[nH]c(=O)[nH]c2nc1[C@H](C)C(C)C. The highest BCUT2D eigenvalue weighted by Crippen LogP contribution is 2.37. The normalized spacial score (nSPS) is 12.9. The van der Waals surface area contributed by atoms with Crippen molar-refractivity contribution in [2.75, 3.05) is 7.11 Å². The van der Waals surface area contributed by atoms with Crippen LogP contribution in [0, 0.1) is 5.92 Å². The molecule has 1 aromatic carbocycles. The highest BCUT2D eigenvalue weighted by atomic mass is 16.5. The van der Waals surface area contributed by atoms with Gasteiger partial charge in [0, 0.05) is 11.5 Å². The molecule has 0 aliphatic rings. The molecule has 0 bridgehead atoms. The number of benzene rings is 1. The molecule has 138 valence electrons. The van der Waals surface area contributed by atoms with Gasteiger partial charge >= 0.3 is 5.69 Å². The van der Waals surface area contributed by atoms with Gasteiger partial charge in [0.25, 0.3) is 0 Å². The summed E-state index contributed by atoms with van der Waals surface area (Å²) in [5, 5.41) is 0. The van der Waals surface area contributed by atoms with Gasteiger partial charge in [-0.05, 0) is 29.5 Å². The minimum Gasteiger partial charge on any atom is -0.496 e. The highest BCUT2D eigenvalue weighted by molar-refractivity contribution is 5.76. The number of methoxy groups -OCH3 is 1. The molecular formula is C20H26N4O2. The molecule has 6 heteroatoms. The van der Waals surface area contributed by atoms with E-state index in [0.29, 0.717) is 23.1 Å². The van der Waals surface area contributed by atoms with E-state index in [4.69, 9.17) is 14.7 Å². The summed E-state index contributed by atoms with van der Waals surface area (Å²) < 4.78 is 5.60. The molecule has 0 aliphatic carbocycles. The maximum atomic E-state index is 11.7. The zero-order valence-electron chi connectivity index (χ0n) is 16.2. The van der Waals surface area contributed by atoms with Crippen LogP contribution in [0.1, 0.15) is 57.7 Å². The van der Waals surface area contributed by atoms with E-state index in [1.807, 2.05) is 6.07 Å². The summed E-state index contributed by atoms with van der Waals surface area (Å²) in [4.78, 5) is 26.6. The molecular weight excluding hydrogens is 328 g/mol. The maximum absolute atomic E-state index is 11.7. The van der Waals surface area contributed by atoms with Crippen LogP contribution < -0.4 is 10.4 Å². The van der Waals surface area contributed by atoms with Crippen molar-refractivity contribution < 1.29 is 4.74 Å². The number of ether oxygens (including phenoxy) is 1. The molecule has 2 heterocycles. The molecule has 0 spiro atoms. The number of imidazole rings is 1. The number of aromatic amines is 2. The van der Waals surface area contributed by atoms with Crippen molar-refractivity contribution in [3.63, 3.8) is 0 Å². The summed E-state index contributed by atoms with van der Waals surface area (Å²) in [6.45, 7) is 10.8. The van der Waals surface area contributed by atoms with E-state index in [9.17, 15) is 4.79 Å². The van der Waals surface area contributed by atoms with Crippen molar-refractivity contribution in [2.24, 2.45) is 5.92 Å². The lowest BCUT2D eigenvalue weighted by molar-refractivity contribution is 0.416. The Labute approximate surface area is 153 Å². The zero-order chi connectivity index (χ0) is 19.0. The van der Waals surface area contributed by atoms with Gasteiger partial charge in [-0.1, -0.05) is 40.7 Å². The minimum atomic E-state index is -0.303. The molecule has 0 radical (unpaired) electrons. The molecule has 3 aromatic rings. The molecule has 0 unspecified atom stereocenters. The first-order valence-electron chi connectivity index (χ1n) is 9.00. The third-order valence-electron chi connectivity index (χ3n) is 4.96. The summed E-state index contributed by atoms with van der Waals surface area (Å²) in [6.07, 6.45) is 0. The van der Waals surface area contributed by atoms with Gasteiger partial charge in [-0.25, -0.2) is 14.8 Å². The quantitative estimate of drug-likeness (QED) is 0.719. The van der Waals surface area contributed by atoms with Gasteiger partial charge < -0.3 is 4.74 Å². The first kappa shape index (κ1) is 18.2. The van der Waals surface area contributed by atoms with E-state index in [1.165, 1.54) is 5.56 Å². The van der Waals surface area contributed by atoms with Gasteiger partial charge in [0.2, 0.25) is 0 Å². The van der Waals surface area contributed by atoms with Gasteiger partial charge in [0.1, 0.15) is 5.75 Å². The maximum Gasteiger partial charge on any atom is 0.326 e. The fraction of sp³-hybridized carbons (Fsp3) is 0.450. The standard InChI is InChI=1S/C20H26N4O2/c1-10(2)12(5)16-17(22-19-18(21-16)23-20(25)24-19)14-9-13(11(3)4)7-8-15(14)26-6/h7-12H,1-6H3,(H2,21,22,23,24,25)/t12-/m1/s1. The average Bonchev–Trinajstić information content (AvgIpc) is 2.98. The van der Waals surface area contributed by atoms with Crippen LogP contribution in [0.5, 0.6) is 5.75 Å². The molecule has 2 aromatic heterocycles. The summed E-state index contributed by atoms with van der Waals surface area (Å²) in [7, 11) is 1.66. The van der Waals surface area contributed by atoms with Crippen LogP contribution in [0.4, 0.5) is 0 Å². The van der Waals surface area contributed by atoms with Crippen LogP contribution in [0.25, 0.3) is 22.6 Å². The molecule has 0 saturated heterocycles. The lowest BCUT2D eigenvalue weighted by Gasteiger charge is -2.20. The molecule has 26 heavy (non-hydrogen) atoms. The number of fused-ring (bicyclic) bond motifs is 1. The third kappa shape index (κ3) is 3.23. The average molecular weight is 354 g/mol. The minimum absolute atomic E-state index is 0.174. The molecule has 6 nitrogen and oxygen atoms in total. The first-order chi connectivity index (χ1) is 12.3. The van der Waals surface area contributed by atoms with Crippen LogP contribution in [-0.4, -0.2) is 27.0 Å². The van der Waals surface area contributed by atoms with E-state index in [2.05, 4.69) is 56.7 Å². The Balaban J connectivity index is 2.33. The number of nitrogens with one attached hydrogen (secondary N) is 2. The van der Waals surface area contributed by atoms with Crippen LogP contribution in [0.15, 0.2) is 23.0 Å². The Bertz CT molecular complexity index is 985. The largest absolute Gasteiger partial charge is 0.496 e. The second-order valence-corrected chi connectivity index (χ2v) is 7.38. The number of aromatic nitrogens is 4. The Morgan fingerprint density at radius 1 is 1.00 bits per heavy atom. The van der Waals surface area contributed by atoms with Gasteiger partial charge in [-0.3, -0.25) is 9.97 Å².